The molecule has 6 heteroatoms. The largest absolute Gasteiger partial charge is 0.466 e. The van der Waals surface area contributed by atoms with Crippen molar-refractivity contribution >= 4 is 17.6 Å². The fourth-order valence-corrected chi connectivity index (χ4v) is 1.36. The number of nitrogens with one attached hydrogen (secondary N) is 1. The molecule has 98 valence electrons. The van der Waals surface area contributed by atoms with E-state index in [-0.39, 0.29) is 24.2 Å². The first kappa shape index (κ1) is 14.0. The minimum atomic E-state index is -0.578. The third-order valence-electron chi connectivity index (χ3n) is 2.10. The van der Waals surface area contributed by atoms with Crippen molar-refractivity contribution in [2.45, 2.75) is 13.3 Å². The van der Waals surface area contributed by atoms with Crippen LogP contribution in [0.25, 0.3) is 0 Å². The normalized spacial score (nSPS) is 9.89. The third-order valence-corrected chi connectivity index (χ3v) is 2.10. The molecule has 0 aromatic heterocycles. The van der Waals surface area contributed by atoms with Crippen LogP contribution in [0.1, 0.15) is 23.7 Å². The van der Waals surface area contributed by atoms with Gasteiger partial charge < -0.3 is 15.8 Å². The van der Waals surface area contributed by atoms with Crippen molar-refractivity contribution in [3.8, 4) is 0 Å². The summed E-state index contributed by atoms with van der Waals surface area (Å²) in [6.45, 7) is 2.13. The Labute approximate surface area is 104 Å². The molecule has 1 amide bonds. The van der Waals surface area contributed by atoms with Crippen LogP contribution in [0.4, 0.5) is 10.1 Å². The van der Waals surface area contributed by atoms with E-state index in [2.05, 4.69) is 5.32 Å². The van der Waals surface area contributed by atoms with E-state index in [1.807, 2.05) is 0 Å². The highest BCUT2D eigenvalue weighted by molar-refractivity contribution is 5.95. The SMILES string of the molecule is CCOC(=O)CCNC(=O)c1cc(N)cc(F)c1. The molecule has 0 atom stereocenters. The highest BCUT2D eigenvalue weighted by atomic mass is 19.1. The molecule has 18 heavy (non-hydrogen) atoms. The van der Waals surface area contributed by atoms with Crippen molar-refractivity contribution in [1.29, 1.82) is 0 Å². The quantitative estimate of drug-likeness (QED) is 0.608. The van der Waals surface area contributed by atoms with E-state index in [9.17, 15) is 14.0 Å². The van der Waals surface area contributed by atoms with E-state index in [1.54, 1.807) is 6.92 Å². The van der Waals surface area contributed by atoms with Crippen molar-refractivity contribution in [1.82, 2.24) is 5.32 Å². The highest BCUT2D eigenvalue weighted by Gasteiger charge is 2.09. The Morgan fingerprint density at radius 3 is 2.72 bits per heavy atom. The molecule has 1 rings (SSSR count). The third kappa shape index (κ3) is 4.40. The van der Waals surface area contributed by atoms with E-state index in [1.165, 1.54) is 6.07 Å². The van der Waals surface area contributed by atoms with Gasteiger partial charge in [-0.3, -0.25) is 9.59 Å². The van der Waals surface area contributed by atoms with Crippen molar-refractivity contribution < 1.29 is 18.7 Å². The molecule has 1 aromatic carbocycles. The molecule has 0 aliphatic rings. The summed E-state index contributed by atoms with van der Waals surface area (Å²) in [5.41, 5.74) is 5.71. The van der Waals surface area contributed by atoms with Gasteiger partial charge in [-0.2, -0.15) is 0 Å². The molecular formula is C12H15FN2O3. The first-order valence-electron chi connectivity index (χ1n) is 5.52. The van der Waals surface area contributed by atoms with Gasteiger partial charge in [0.25, 0.3) is 5.91 Å². The summed E-state index contributed by atoms with van der Waals surface area (Å²) in [4.78, 5) is 22.6. The molecular weight excluding hydrogens is 239 g/mol. The lowest BCUT2D eigenvalue weighted by Crippen LogP contribution is -2.26. The minimum absolute atomic E-state index is 0.0738. The van der Waals surface area contributed by atoms with Gasteiger partial charge in [0.05, 0.1) is 13.0 Å². The molecule has 1 aromatic rings. The van der Waals surface area contributed by atoms with Gasteiger partial charge in [-0.1, -0.05) is 0 Å². The second kappa shape index (κ2) is 6.58. The van der Waals surface area contributed by atoms with Gasteiger partial charge in [0, 0.05) is 17.8 Å². The van der Waals surface area contributed by atoms with Crippen molar-refractivity contribution in [3.63, 3.8) is 0 Å². The van der Waals surface area contributed by atoms with Crippen molar-refractivity contribution in [3.05, 3.63) is 29.6 Å². The molecule has 0 radical (unpaired) electrons. The summed E-state index contributed by atoms with van der Waals surface area (Å²) in [6, 6.07) is 3.56. The maximum Gasteiger partial charge on any atom is 0.307 e. The van der Waals surface area contributed by atoms with Crippen LogP contribution in [0.2, 0.25) is 0 Å². The number of hydrogen-bond acceptors (Lipinski definition) is 4. The zero-order valence-corrected chi connectivity index (χ0v) is 10.0. The standard InChI is InChI=1S/C12H15FN2O3/c1-2-18-11(16)3-4-15-12(17)8-5-9(13)7-10(14)6-8/h5-7H,2-4,14H2,1H3,(H,15,17). The number of anilines is 1. The van der Waals surface area contributed by atoms with E-state index in [0.717, 1.165) is 12.1 Å². The Morgan fingerprint density at radius 2 is 2.11 bits per heavy atom. The summed E-state index contributed by atoms with van der Waals surface area (Å²) in [7, 11) is 0. The molecule has 0 bridgehead atoms. The smallest absolute Gasteiger partial charge is 0.307 e. The fourth-order valence-electron chi connectivity index (χ4n) is 1.36. The van der Waals surface area contributed by atoms with Gasteiger partial charge in [0.1, 0.15) is 5.82 Å². The number of rotatable bonds is 5. The number of carbonyl (C=O) groups is 2. The van der Waals surface area contributed by atoms with Crippen LogP contribution in [0.3, 0.4) is 0 Å². The van der Waals surface area contributed by atoms with Crippen molar-refractivity contribution in [2.75, 3.05) is 18.9 Å². The summed E-state index contributed by atoms with van der Waals surface area (Å²) in [5.74, 6) is -1.45. The Kier molecular flexibility index (Phi) is 5.10. The van der Waals surface area contributed by atoms with Crippen molar-refractivity contribution in [2.24, 2.45) is 0 Å². The van der Waals surface area contributed by atoms with Crippen LogP contribution in [0.15, 0.2) is 18.2 Å². The van der Waals surface area contributed by atoms with E-state index >= 15 is 0 Å². The molecule has 0 fully saturated rings. The Hall–Kier alpha value is -2.11. The molecule has 0 heterocycles. The van der Waals surface area contributed by atoms with Gasteiger partial charge in [-0.05, 0) is 25.1 Å². The Balaban J connectivity index is 2.48. The van der Waals surface area contributed by atoms with Crippen LogP contribution in [0, 0.1) is 5.82 Å². The molecule has 0 saturated carbocycles. The number of esters is 1. The zero-order valence-electron chi connectivity index (χ0n) is 10.0. The number of ether oxygens (including phenoxy) is 1. The molecule has 0 aliphatic carbocycles. The van der Waals surface area contributed by atoms with Gasteiger partial charge in [0.15, 0.2) is 0 Å². The van der Waals surface area contributed by atoms with Gasteiger partial charge in [-0.25, -0.2) is 4.39 Å². The average Bonchev–Trinajstić information content (AvgIpc) is 2.27. The number of nitrogen functional groups attached to an aromatic ring is 1. The van der Waals surface area contributed by atoms with Crippen LogP contribution < -0.4 is 11.1 Å². The lowest BCUT2D eigenvalue weighted by atomic mass is 10.2. The summed E-state index contributed by atoms with van der Waals surface area (Å²) < 4.78 is 17.7. The zero-order chi connectivity index (χ0) is 13.5. The number of nitrogens with two attached hydrogens (primary N) is 1. The van der Waals surface area contributed by atoms with E-state index < -0.39 is 17.7 Å². The second-order valence-corrected chi connectivity index (χ2v) is 3.58. The Bertz CT molecular complexity index is 429. The molecule has 5 nitrogen and oxygen atoms in total. The van der Waals surface area contributed by atoms with Gasteiger partial charge in [0.2, 0.25) is 0 Å². The number of amides is 1. The number of carbonyl (C=O) groups excluding carboxylic acids is 2. The predicted molar refractivity (Wildman–Crippen MR) is 64.4 cm³/mol. The molecule has 0 saturated heterocycles. The van der Waals surface area contributed by atoms with Gasteiger partial charge in [-0.15, -0.1) is 0 Å². The summed E-state index contributed by atoms with van der Waals surface area (Å²) >= 11 is 0. The topological polar surface area (TPSA) is 81.4 Å². The van der Waals surface area contributed by atoms with E-state index in [0.29, 0.717) is 6.61 Å². The number of hydrogen-bond donors (Lipinski definition) is 2. The summed E-state index contributed by atoms with van der Waals surface area (Å²) in [5, 5.41) is 2.48. The van der Waals surface area contributed by atoms with E-state index in [4.69, 9.17) is 10.5 Å². The molecule has 0 spiro atoms. The van der Waals surface area contributed by atoms with Crippen LogP contribution in [0.5, 0.6) is 0 Å². The molecule has 0 aliphatic heterocycles. The molecule has 0 unspecified atom stereocenters. The van der Waals surface area contributed by atoms with Crippen LogP contribution in [-0.4, -0.2) is 25.0 Å². The van der Waals surface area contributed by atoms with Crippen LogP contribution >= 0.6 is 0 Å². The summed E-state index contributed by atoms with van der Waals surface area (Å²) in [6.07, 6.45) is 0.0738. The number of benzene rings is 1. The Morgan fingerprint density at radius 1 is 1.39 bits per heavy atom. The maximum atomic E-state index is 13.0. The maximum absolute atomic E-state index is 13.0. The van der Waals surface area contributed by atoms with Gasteiger partial charge >= 0.3 is 5.97 Å². The number of halogens is 1. The highest BCUT2D eigenvalue weighted by Crippen LogP contribution is 2.10. The monoisotopic (exact) mass is 254 g/mol. The average molecular weight is 254 g/mol. The second-order valence-electron chi connectivity index (χ2n) is 3.58. The lowest BCUT2D eigenvalue weighted by molar-refractivity contribution is -0.142. The lowest BCUT2D eigenvalue weighted by Gasteiger charge is -2.06. The first-order chi connectivity index (χ1) is 8.52. The fraction of sp³-hybridized carbons (Fsp3) is 0.333. The minimum Gasteiger partial charge on any atom is -0.466 e. The van der Waals surface area contributed by atoms with Crippen LogP contribution in [-0.2, 0) is 9.53 Å². The first-order valence-corrected chi connectivity index (χ1v) is 5.52. The predicted octanol–water partition coefficient (Wildman–Crippen LogP) is 1.09. The molecule has 3 N–H and O–H groups in total.